The van der Waals surface area contributed by atoms with Gasteiger partial charge in [0.1, 0.15) is 0 Å². The molecule has 0 saturated heterocycles. The van der Waals surface area contributed by atoms with Crippen molar-refractivity contribution in [1.29, 1.82) is 0 Å². The van der Waals surface area contributed by atoms with Gasteiger partial charge in [0.15, 0.2) is 0 Å². The molecule has 0 bridgehead atoms. The molecule has 0 aliphatic rings. The standard InChI is InChI=1S/C23H32N2O2/c1-18(2)14-15-20(26)17-23(27)25-22(21-12-6-7-16-24-21)13-8-11-19-9-4-3-5-10-19/h3-7,9-10,12,16,18,20,22,26H,8,11,13-15,17H2,1-2H3,(H,25,27). The molecular weight excluding hydrogens is 336 g/mol. The van der Waals surface area contributed by atoms with Crippen LogP contribution in [-0.4, -0.2) is 22.1 Å². The molecule has 0 saturated carbocycles. The van der Waals surface area contributed by atoms with Crippen molar-refractivity contribution in [1.82, 2.24) is 10.3 Å². The maximum absolute atomic E-state index is 12.4. The third kappa shape index (κ3) is 8.35. The van der Waals surface area contributed by atoms with Crippen molar-refractivity contribution in [3.8, 4) is 0 Å². The van der Waals surface area contributed by atoms with E-state index in [1.165, 1.54) is 5.56 Å². The van der Waals surface area contributed by atoms with Crippen LogP contribution in [0.3, 0.4) is 0 Å². The number of carbonyl (C=O) groups is 1. The van der Waals surface area contributed by atoms with Crippen LogP contribution in [0.15, 0.2) is 54.7 Å². The second kappa shape index (κ2) is 11.5. The first-order chi connectivity index (χ1) is 13.0. The molecule has 2 aromatic rings. The molecule has 4 nitrogen and oxygen atoms in total. The largest absolute Gasteiger partial charge is 0.393 e. The Morgan fingerprint density at radius 1 is 1.04 bits per heavy atom. The van der Waals surface area contributed by atoms with Crippen molar-refractivity contribution in [2.75, 3.05) is 0 Å². The molecule has 0 fully saturated rings. The molecule has 0 radical (unpaired) electrons. The van der Waals surface area contributed by atoms with Crippen LogP contribution in [0.1, 0.15) is 63.3 Å². The Labute approximate surface area is 163 Å². The van der Waals surface area contributed by atoms with Crippen LogP contribution < -0.4 is 5.32 Å². The minimum atomic E-state index is -0.582. The average molecular weight is 369 g/mol. The average Bonchev–Trinajstić information content (AvgIpc) is 2.67. The van der Waals surface area contributed by atoms with Gasteiger partial charge in [-0.2, -0.15) is 0 Å². The van der Waals surface area contributed by atoms with E-state index in [4.69, 9.17) is 0 Å². The Bertz CT molecular complexity index is 659. The lowest BCUT2D eigenvalue weighted by Crippen LogP contribution is -2.32. The van der Waals surface area contributed by atoms with E-state index in [-0.39, 0.29) is 18.4 Å². The van der Waals surface area contributed by atoms with Crippen molar-refractivity contribution in [3.63, 3.8) is 0 Å². The van der Waals surface area contributed by atoms with Crippen LogP contribution >= 0.6 is 0 Å². The van der Waals surface area contributed by atoms with Gasteiger partial charge < -0.3 is 10.4 Å². The van der Waals surface area contributed by atoms with E-state index < -0.39 is 6.10 Å². The highest BCUT2D eigenvalue weighted by atomic mass is 16.3. The van der Waals surface area contributed by atoms with E-state index in [1.54, 1.807) is 6.20 Å². The molecule has 2 rings (SSSR count). The normalized spacial score (nSPS) is 13.3. The number of rotatable bonds is 11. The van der Waals surface area contributed by atoms with Crippen molar-refractivity contribution < 1.29 is 9.90 Å². The fourth-order valence-corrected chi connectivity index (χ4v) is 3.13. The first kappa shape index (κ1) is 21.1. The molecule has 1 aromatic heterocycles. The van der Waals surface area contributed by atoms with E-state index in [1.807, 2.05) is 36.4 Å². The molecule has 1 aromatic carbocycles. The van der Waals surface area contributed by atoms with E-state index in [2.05, 4.69) is 36.3 Å². The van der Waals surface area contributed by atoms with E-state index in [9.17, 15) is 9.90 Å². The third-order valence-corrected chi connectivity index (χ3v) is 4.68. The number of hydrogen-bond acceptors (Lipinski definition) is 3. The zero-order valence-electron chi connectivity index (χ0n) is 16.5. The number of aliphatic hydroxyl groups excluding tert-OH is 1. The number of pyridine rings is 1. The van der Waals surface area contributed by atoms with Crippen LogP contribution in [-0.2, 0) is 11.2 Å². The molecule has 4 heteroatoms. The summed E-state index contributed by atoms with van der Waals surface area (Å²) in [6.07, 6.45) is 5.65. The zero-order valence-corrected chi connectivity index (χ0v) is 16.5. The fourth-order valence-electron chi connectivity index (χ4n) is 3.13. The lowest BCUT2D eigenvalue weighted by molar-refractivity contribution is -0.124. The molecular formula is C23H32N2O2. The summed E-state index contributed by atoms with van der Waals surface area (Å²) in [5.41, 5.74) is 2.17. The molecule has 1 amide bonds. The summed E-state index contributed by atoms with van der Waals surface area (Å²) < 4.78 is 0. The minimum Gasteiger partial charge on any atom is -0.393 e. The van der Waals surface area contributed by atoms with Crippen molar-refractivity contribution in [3.05, 3.63) is 66.0 Å². The maximum atomic E-state index is 12.4. The summed E-state index contributed by atoms with van der Waals surface area (Å²) in [4.78, 5) is 16.8. The molecule has 0 aliphatic heterocycles. The van der Waals surface area contributed by atoms with Crippen molar-refractivity contribution >= 4 is 5.91 Å². The predicted octanol–water partition coefficient (Wildman–Crippen LogP) is 4.45. The molecule has 1 heterocycles. The number of amides is 1. The molecule has 146 valence electrons. The number of benzene rings is 1. The topological polar surface area (TPSA) is 62.2 Å². The van der Waals surface area contributed by atoms with Gasteiger partial charge in [0, 0.05) is 6.20 Å². The number of carbonyl (C=O) groups excluding carboxylic acids is 1. The van der Waals surface area contributed by atoms with Gasteiger partial charge >= 0.3 is 0 Å². The smallest absolute Gasteiger partial charge is 0.223 e. The van der Waals surface area contributed by atoms with E-state index in [0.29, 0.717) is 12.3 Å². The Balaban J connectivity index is 1.89. The number of aryl methyl sites for hydroxylation is 1. The van der Waals surface area contributed by atoms with E-state index in [0.717, 1.165) is 31.4 Å². The van der Waals surface area contributed by atoms with Gasteiger partial charge in [-0.05, 0) is 55.7 Å². The Morgan fingerprint density at radius 2 is 1.78 bits per heavy atom. The second-order valence-corrected chi connectivity index (χ2v) is 7.58. The van der Waals surface area contributed by atoms with Crippen LogP contribution in [0.2, 0.25) is 0 Å². The van der Waals surface area contributed by atoms with E-state index >= 15 is 0 Å². The number of nitrogens with zero attached hydrogens (tertiary/aromatic N) is 1. The zero-order chi connectivity index (χ0) is 19.5. The fraction of sp³-hybridized carbons (Fsp3) is 0.478. The first-order valence-corrected chi connectivity index (χ1v) is 9.97. The Hall–Kier alpha value is -2.20. The molecule has 27 heavy (non-hydrogen) atoms. The highest BCUT2D eigenvalue weighted by Gasteiger charge is 2.18. The van der Waals surface area contributed by atoms with Gasteiger partial charge in [0.2, 0.25) is 5.91 Å². The monoisotopic (exact) mass is 368 g/mol. The van der Waals surface area contributed by atoms with Gasteiger partial charge in [0.25, 0.3) is 0 Å². The van der Waals surface area contributed by atoms with Crippen LogP contribution in [0.25, 0.3) is 0 Å². The summed E-state index contributed by atoms with van der Waals surface area (Å²) in [5, 5.41) is 13.2. The summed E-state index contributed by atoms with van der Waals surface area (Å²) in [5.74, 6) is 0.420. The summed E-state index contributed by atoms with van der Waals surface area (Å²) in [7, 11) is 0. The molecule has 0 aliphatic carbocycles. The van der Waals surface area contributed by atoms with Crippen molar-refractivity contribution in [2.45, 2.75) is 64.5 Å². The molecule has 2 N–H and O–H groups in total. The molecule has 2 unspecified atom stereocenters. The molecule has 2 atom stereocenters. The van der Waals surface area contributed by atoms with Gasteiger partial charge in [-0.25, -0.2) is 0 Å². The number of aromatic nitrogens is 1. The lowest BCUT2D eigenvalue weighted by Gasteiger charge is -2.20. The molecule has 0 spiro atoms. The third-order valence-electron chi connectivity index (χ3n) is 4.68. The lowest BCUT2D eigenvalue weighted by atomic mass is 10.0. The predicted molar refractivity (Wildman–Crippen MR) is 109 cm³/mol. The minimum absolute atomic E-state index is 0.110. The van der Waals surface area contributed by atoms with Crippen LogP contribution in [0.5, 0.6) is 0 Å². The van der Waals surface area contributed by atoms with Crippen LogP contribution in [0, 0.1) is 5.92 Å². The van der Waals surface area contributed by atoms with Gasteiger partial charge in [-0.3, -0.25) is 9.78 Å². The SMILES string of the molecule is CC(C)CCC(O)CC(=O)NC(CCCc1ccccc1)c1ccccn1. The number of hydrogen-bond donors (Lipinski definition) is 2. The second-order valence-electron chi connectivity index (χ2n) is 7.58. The highest BCUT2D eigenvalue weighted by Crippen LogP contribution is 2.19. The van der Waals surface area contributed by atoms with Crippen LogP contribution in [0.4, 0.5) is 0 Å². The number of nitrogens with one attached hydrogen (secondary N) is 1. The van der Waals surface area contributed by atoms with Gasteiger partial charge in [-0.1, -0.05) is 50.2 Å². The highest BCUT2D eigenvalue weighted by molar-refractivity contribution is 5.76. The maximum Gasteiger partial charge on any atom is 0.223 e. The quantitative estimate of drug-likeness (QED) is 0.616. The Kier molecular flexibility index (Phi) is 8.99. The Morgan fingerprint density at radius 3 is 2.44 bits per heavy atom. The van der Waals surface area contributed by atoms with Gasteiger partial charge in [0.05, 0.1) is 24.3 Å². The van der Waals surface area contributed by atoms with Gasteiger partial charge in [-0.15, -0.1) is 0 Å². The first-order valence-electron chi connectivity index (χ1n) is 9.97. The van der Waals surface area contributed by atoms with Crippen molar-refractivity contribution in [2.24, 2.45) is 5.92 Å². The summed E-state index contributed by atoms with van der Waals surface area (Å²) >= 11 is 0. The summed E-state index contributed by atoms with van der Waals surface area (Å²) in [6.45, 7) is 4.24. The summed E-state index contributed by atoms with van der Waals surface area (Å²) in [6, 6.07) is 16.0. The number of aliphatic hydroxyl groups is 1.